The number of hydrogen-bond donors (Lipinski definition) is 1. The second-order valence-corrected chi connectivity index (χ2v) is 8.48. The fraction of sp³-hybridized carbons (Fsp3) is 0.474. The number of fused-ring (bicyclic) bond motifs is 2. The average molecular weight is 347 g/mol. The molecule has 0 heterocycles. The number of rotatable bonds is 1. The molecule has 0 radical (unpaired) electrons. The Morgan fingerprint density at radius 2 is 1.43 bits per heavy atom. The van der Waals surface area contributed by atoms with E-state index in [-0.39, 0.29) is 10.8 Å². The quantitative estimate of drug-likeness (QED) is 0.668. The third-order valence-electron chi connectivity index (χ3n) is 5.11. The minimum Gasteiger partial charge on any atom is -0.377 e. The lowest BCUT2D eigenvalue weighted by Gasteiger charge is -2.42. The summed E-state index contributed by atoms with van der Waals surface area (Å²) < 4.78 is 0. The minimum atomic E-state index is -0.595. The van der Waals surface area contributed by atoms with Gasteiger partial charge in [0.25, 0.3) is 0 Å². The predicted molar refractivity (Wildman–Crippen MR) is 93.1 cm³/mol. The highest BCUT2D eigenvalue weighted by molar-refractivity contribution is 9.09. The molecule has 2 aromatic carbocycles. The number of benzene rings is 2. The van der Waals surface area contributed by atoms with Gasteiger partial charge in [-0.25, -0.2) is 0 Å². The van der Waals surface area contributed by atoms with Crippen molar-refractivity contribution in [2.24, 2.45) is 0 Å². The molecule has 2 aromatic rings. The van der Waals surface area contributed by atoms with E-state index in [1.165, 1.54) is 34.7 Å². The van der Waals surface area contributed by atoms with Crippen LogP contribution >= 0.6 is 15.9 Å². The van der Waals surface area contributed by atoms with E-state index >= 15 is 0 Å². The molecule has 1 nitrogen and oxygen atoms in total. The van der Waals surface area contributed by atoms with Crippen LogP contribution in [0.5, 0.6) is 0 Å². The summed E-state index contributed by atoms with van der Waals surface area (Å²) in [6.45, 7) is 9.39. The molecule has 1 N–H and O–H groups in total. The first-order chi connectivity index (χ1) is 9.71. The van der Waals surface area contributed by atoms with Crippen LogP contribution in [0.4, 0.5) is 0 Å². The Labute approximate surface area is 135 Å². The van der Waals surface area contributed by atoms with Crippen LogP contribution in [-0.4, -0.2) is 5.11 Å². The molecular formula is C19H23BrO. The molecule has 0 saturated heterocycles. The van der Waals surface area contributed by atoms with Crippen molar-refractivity contribution < 1.29 is 5.11 Å². The molecule has 0 bridgehead atoms. The lowest BCUT2D eigenvalue weighted by atomic mass is 9.63. The van der Waals surface area contributed by atoms with Gasteiger partial charge < -0.3 is 5.11 Å². The number of aliphatic hydroxyl groups is 1. The van der Waals surface area contributed by atoms with Gasteiger partial charge in [-0.05, 0) is 57.2 Å². The first-order valence-electron chi connectivity index (χ1n) is 7.61. The van der Waals surface area contributed by atoms with Crippen LogP contribution in [0, 0.1) is 0 Å². The molecule has 0 amide bonds. The maximum Gasteiger partial charge on any atom is 0.134 e. The van der Waals surface area contributed by atoms with Gasteiger partial charge in [-0.2, -0.15) is 0 Å². The van der Waals surface area contributed by atoms with Crippen molar-refractivity contribution in [3.05, 3.63) is 47.0 Å². The molecule has 1 unspecified atom stereocenters. The smallest absolute Gasteiger partial charge is 0.134 e. The number of hydrogen-bond acceptors (Lipinski definition) is 1. The molecule has 0 saturated carbocycles. The summed E-state index contributed by atoms with van der Waals surface area (Å²) in [5, 5.41) is 11.6. The Hall–Kier alpha value is -0.860. The lowest BCUT2D eigenvalue weighted by Crippen LogP contribution is -2.33. The van der Waals surface area contributed by atoms with Crippen molar-refractivity contribution in [2.75, 3.05) is 0 Å². The second-order valence-electron chi connectivity index (χ2n) is 7.61. The van der Waals surface area contributed by atoms with Crippen LogP contribution in [0.15, 0.2) is 30.3 Å². The molecule has 1 atom stereocenters. The highest BCUT2D eigenvalue weighted by Crippen LogP contribution is 2.47. The van der Waals surface area contributed by atoms with Crippen LogP contribution in [0.3, 0.4) is 0 Å². The standard InChI is InChI=1S/C19H23BrO/c1-18(2)7-8-19(3,4)16-11-14-9-13(17(20)21)6-5-12(14)10-15(16)18/h5-6,9-11,17,21H,7-8H2,1-4H3. The Balaban J connectivity index is 2.28. The Morgan fingerprint density at radius 1 is 0.905 bits per heavy atom. The van der Waals surface area contributed by atoms with E-state index in [1.807, 2.05) is 6.07 Å². The lowest BCUT2D eigenvalue weighted by molar-refractivity contribution is 0.277. The van der Waals surface area contributed by atoms with Crippen molar-refractivity contribution in [1.82, 2.24) is 0 Å². The van der Waals surface area contributed by atoms with Gasteiger partial charge in [-0.3, -0.25) is 0 Å². The van der Waals surface area contributed by atoms with E-state index in [1.54, 1.807) is 0 Å². The van der Waals surface area contributed by atoms with Gasteiger partial charge in [0.05, 0.1) is 0 Å². The first-order valence-corrected chi connectivity index (χ1v) is 8.53. The van der Waals surface area contributed by atoms with Gasteiger partial charge in [0, 0.05) is 0 Å². The van der Waals surface area contributed by atoms with Crippen molar-refractivity contribution in [1.29, 1.82) is 0 Å². The zero-order chi connectivity index (χ0) is 15.4. The zero-order valence-electron chi connectivity index (χ0n) is 13.2. The van der Waals surface area contributed by atoms with Crippen LogP contribution in [-0.2, 0) is 10.8 Å². The number of aliphatic hydroxyl groups excluding tert-OH is 1. The molecule has 1 aliphatic rings. The molecule has 0 aromatic heterocycles. The highest BCUT2D eigenvalue weighted by atomic mass is 79.9. The van der Waals surface area contributed by atoms with E-state index in [4.69, 9.17) is 0 Å². The van der Waals surface area contributed by atoms with Crippen LogP contribution in [0.25, 0.3) is 10.8 Å². The summed E-state index contributed by atoms with van der Waals surface area (Å²) >= 11 is 3.24. The predicted octanol–water partition coefficient (Wildman–Crippen LogP) is 5.57. The van der Waals surface area contributed by atoms with E-state index in [9.17, 15) is 5.11 Å². The van der Waals surface area contributed by atoms with Gasteiger partial charge in [-0.15, -0.1) is 0 Å². The summed E-state index contributed by atoms with van der Waals surface area (Å²) in [5.74, 6) is 0. The molecule has 0 fully saturated rings. The van der Waals surface area contributed by atoms with Gasteiger partial charge in [0.2, 0.25) is 0 Å². The number of halogens is 1. The van der Waals surface area contributed by atoms with Gasteiger partial charge >= 0.3 is 0 Å². The summed E-state index contributed by atoms with van der Waals surface area (Å²) in [4.78, 5) is 0. The van der Waals surface area contributed by atoms with Crippen LogP contribution in [0.2, 0.25) is 0 Å². The third-order valence-corrected chi connectivity index (χ3v) is 5.64. The molecule has 1 aliphatic carbocycles. The molecule has 0 spiro atoms. The fourth-order valence-corrected chi connectivity index (χ4v) is 3.76. The van der Waals surface area contributed by atoms with Gasteiger partial charge in [0.15, 0.2) is 0 Å². The van der Waals surface area contributed by atoms with Gasteiger partial charge in [-0.1, -0.05) is 67.9 Å². The van der Waals surface area contributed by atoms with Crippen LogP contribution in [0.1, 0.15) is 62.2 Å². The zero-order valence-corrected chi connectivity index (χ0v) is 14.8. The molecule has 21 heavy (non-hydrogen) atoms. The monoisotopic (exact) mass is 346 g/mol. The van der Waals surface area contributed by atoms with E-state index in [2.05, 4.69) is 67.9 Å². The normalized spacial score (nSPS) is 21.0. The highest BCUT2D eigenvalue weighted by Gasteiger charge is 2.37. The molecule has 0 aliphatic heterocycles. The molecule has 3 rings (SSSR count). The van der Waals surface area contributed by atoms with Gasteiger partial charge in [0.1, 0.15) is 5.01 Å². The van der Waals surface area contributed by atoms with Crippen molar-refractivity contribution in [2.45, 2.75) is 56.4 Å². The average Bonchev–Trinajstić information content (AvgIpc) is 2.42. The third kappa shape index (κ3) is 2.53. The maximum absolute atomic E-state index is 9.72. The number of alkyl halides is 1. The summed E-state index contributed by atoms with van der Waals surface area (Å²) in [6, 6.07) is 10.9. The summed E-state index contributed by atoms with van der Waals surface area (Å²) in [7, 11) is 0. The summed E-state index contributed by atoms with van der Waals surface area (Å²) in [6.07, 6.45) is 2.45. The van der Waals surface area contributed by atoms with Crippen molar-refractivity contribution in [3.8, 4) is 0 Å². The maximum atomic E-state index is 9.72. The van der Waals surface area contributed by atoms with Crippen molar-refractivity contribution >= 4 is 26.7 Å². The SMILES string of the molecule is CC1(C)CCC(C)(C)c2cc3cc(C(O)Br)ccc3cc21. The van der Waals surface area contributed by atoms with E-state index < -0.39 is 5.01 Å². The first kappa shape index (κ1) is 15.1. The summed E-state index contributed by atoms with van der Waals surface area (Å²) in [5.41, 5.74) is 4.33. The fourth-order valence-electron chi connectivity index (χ4n) is 3.48. The molecule has 112 valence electrons. The van der Waals surface area contributed by atoms with E-state index in [0.29, 0.717) is 0 Å². The van der Waals surface area contributed by atoms with E-state index in [0.717, 1.165) is 5.56 Å². The Kier molecular flexibility index (Phi) is 3.46. The Bertz CT molecular complexity index is 698. The van der Waals surface area contributed by atoms with Crippen LogP contribution < -0.4 is 0 Å². The minimum absolute atomic E-state index is 0.224. The second kappa shape index (κ2) is 4.82. The topological polar surface area (TPSA) is 20.2 Å². The molecular weight excluding hydrogens is 324 g/mol. The molecule has 2 heteroatoms. The van der Waals surface area contributed by atoms with Crippen molar-refractivity contribution in [3.63, 3.8) is 0 Å². The Morgan fingerprint density at radius 3 is 1.95 bits per heavy atom. The largest absolute Gasteiger partial charge is 0.377 e.